The van der Waals surface area contributed by atoms with Crippen LogP contribution in [0.1, 0.15) is 37.4 Å². The minimum Gasteiger partial charge on any atom is -0.477 e. The number of hydrogen-bond acceptors (Lipinski definition) is 3. The Morgan fingerprint density at radius 3 is 2.56 bits per heavy atom. The van der Waals surface area contributed by atoms with Gasteiger partial charge in [-0.05, 0) is 35.7 Å². The molecule has 138 valence electrons. The molecular formula is C19H14ClFN2O4. The summed E-state index contributed by atoms with van der Waals surface area (Å²) in [6.07, 6.45) is 1.49. The average Bonchev–Trinajstić information content (AvgIpc) is 2.59. The van der Waals surface area contributed by atoms with Crippen LogP contribution in [-0.2, 0) is 6.42 Å². The highest BCUT2D eigenvalue weighted by Gasteiger charge is 2.22. The van der Waals surface area contributed by atoms with E-state index in [4.69, 9.17) is 17.3 Å². The number of carboxylic acid groups (broad SMARTS) is 1. The number of nitrogens with zero attached hydrogens (tertiary/aromatic N) is 1. The van der Waals surface area contributed by atoms with Gasteiger partial charge >= 0.3 is 5.97 Å². The van der Waals surface area contributed by atoms with Gasteiger partial charge in [0.15, 0.2) is 0 Å². The van der Waals surface area contributed by atoms with Gasteiger partial charge in [-0.3, -0.25) is 14.0 Å². The lowest BCUT2D eigenvalue weighted by Crippen LogP contribution is -2.28. The van der Waals surface area contributed by atoms with Gasteiger partial charge in [-0.25, -0.2) is 9.18 Å². The van der Waals surface area contributed by atoms with Crippen LogP contribution in [0.15, 0.2) is 41.3 Å². The fourth-order valence-corrected chi connectivity index (χ4v) is 3.28. The number of pyridine rings is 2. The predicted molar refractivity (Wildman–Crippen MR) is 98.1 cm³/mol. The second-order valence-electron chi connectivity index (χ2n) is 6.03. The van der Waals surface area contributed by atoms with Crippen LogP contribution in [0.4, 0.5) is 4.39 Å². The van der Waals surface area contributed by atoms with E-state index in [2.05, 4.69) is 0 Å². The molecule has 0 atom stereocenters. The summed E-state index contributed by atoms with van der Waals surface area (Å²) in [5, 5.41) is 9.33. The first-order valence-electron chi connectivity index (χ1n) is 7.86. The first kappa shape index (κ1) is 18.6. The van der Waals surface area contributed by atoms with Crippen molar-refractivity contribution in [2.75, 3.05) is 0 Å². The molecule has 3 rings (SSSR count). The second kappa shape index (κ2) is 6.85. The van der Waals surface area contributed by atoms with Gasteiger partial charge in [0.2, 0.25) is 0 Å². The van der Waals surface area contributed by atoms with E-state index in [-0.39, 0.29) is 28.1 Å². The van der Waals surface area contributed by atoms with Crippen LogP contribution in [0.3, 0.4) is 0 Å². The molecule has 0 spiro atoms. The number of halogens is 2. The van der Waals surface area contributed by atoms with E-state index in [0.29, 0.717) is 11.1 Å². The molecule has 0 radical (unpaired) electrons. The number of primary amides is 1. The lowest BCUT2D eigenvalue weighted by atomic mass is 10.0. The summed E-state index contributed by atoms with van der Waals surface area (Å²) in [6.45, 7) is 1.36. The number of carboxylic acids is 1. The van der Waals surface area contributed by atoms with E-state index in [1.165, 1.54) is 25.3 Å². The van der Waals surface area contributed by atoms with Crippen LogP contribution in [0.5, 0.6) is 0 Å². The number of aromatic nitrogens is 1. The zero-order valence-electron chi connectivity index (χ0n) is 14.1. The molecule has 1 amide bonds. The van der Waals surface area contributed by atoms with Crippen molar-refractivity contribution in [2.45, 2.75) is 13.3 Å². The van der Waals surface area contributed by atoms with Gasteiger partial charge in [0, 0.05) is 12.6 Å². The van der Waals surface area contributed by atoms with Crippen molar-refractivity contribution in [3.05, 3.63) is 85.5 Å². The molecule has 0 aliphatic rings. The average molecular weight is 389 g/mol. The van der Waals surface area contributed by atoms with Crippen molar-refractivity contribution in [1.82, 2.24) is 4.40 Å². The van der Waals surface area contributed by atoms with Gasteiger partial charge in [0.25, 0.3) is 11.5 Å². The normalized spacial score (nSPS) is 10.9. The van der Waals surface area contributed by atoms with E-state index in [1.54, 1.807) is 18.2 Å². The smallest absolute Gasteiger partial charge is 0.341 e. The first-order valence-corrected chi connectivity index (χ1v) is 8.24. The fraction of sp³-hybridized carbons (Fsp3) is 0.105. The summed E-state index contributed by atoms with van der Waals surface area (Å²) in [5.74, 6) is -2.87. The molecule has 6 nitrogen and oxygen atoms in total. The maximum atomic E-state index is 14.1. The Morgan fingerprint density at radius 2 is 1.93 bits per heavy atom. The van der Waals surface area contributed by atoms with Crippen molar-refractivity contribution < 1.29 is 19.1 Å². The van der Waals surface area contributed by atoms with Gasteiger partial charge in [-0.1, -0.05) is 29.8 Å². The number of nitrogens with two attached hydrogens (primary N) is 1. The molecule has 0 fully saturated rings. The van der Waals surface area contributed by atoms with Crippen molar-refractivity contribution in [1.29, 1.82) is 0 Å². The number of carbonyl (C=O) groups excluding carboxylic acids is 1. The van der Waals surface area contributed by atoms with Crippen LogP contribution in [0.2, 0.25) is 5.02 Å². The number of hydrogen-bond donors (Lipinski definition) is 2. The van der Waals surface area contributed by atoms with Crippen LogP contribution >= 0.6 is 11.6 Å². The van der Waals surface area contributed by atoms with E-state index in [0.717, 1.165) is 4.40 Å². The Bertz CT molecular complexity index is 1170. The van der Waals surface area contributed by atoms with E-state index in [1.807, 2.05) is 0 Å². The maximum absolute atomic E-state index is 14.1. The van der Waals surface area contributed by atoms with Crippen molar-refractivity contribution >= 4 is 29.0 Å². The van der Waals surface area contributed by atoms with Gasteiger partial charge in [-0.2, -0.15) is 0 Å². The third kappa shape index (κ3) is 3.17. The molecule has 0 unspecified atom stereocenters. The second-order valence-corrected chi connectivity index (χ2v) is 6.44. The quantitative estimate of drug-likeness (QED) is 0.717. The Balaban J connectivity index is 2.26. The maximum Gasteiger partial charge on any atom is 0.341 e. The Morgan fingerprint density at radius 1 is 1.22 bits per heavy atom. The van der Waals surface area contributed by atoms with Crippen LogP contribution < -0.4 is 11.3 Å². The van der Waals surface area contributed by atoms with E-state index < -0.39 is 28.8 Å². The highest BCUT2D eigenvalue weighted by molar-refractivity contribution is 6.30. The number of aromatic carboxylic acids is 1. The zero-order valence-corrected chi connectivity index (χ0v) is 14.9. The Labute approximate surface area is 157 Å². The highest BCUT2D eigenvalue weighted by Crippen LogP contribution is 2.22. The zero-order chi connectivity index (χ0) is 19.9. The minimum absolute atomic E-state index is 0.00800. The van der Waals surface area contributed by atoms with Crippen LogP contribution in [0.25, 0.3) is 5.52 Å². The summed E-state index contributed by atoms with van der Waals surface area (Å²) in [7, 11) is 0. The monoisotopic (exact) mass is 388 g/mol. The molecule has 0 aliphatic heterocycles. The summed E-state index contributed by atoms with van der Waals surface area (Å²) in [6, 6.07) is 7.68. The lowest BCUT2D eigenvalue weighted by Gasteiger charge is -2.13. The van der Waals surface area contributed by atoms with Crippen molar-refractivity contribution in [3.63, 3.8) is 0 Å². The first-order chi connectivity index (χ1) is 12.7. The number of rotatable bonds is 4. The third-order valence-corrected chi connectivity index (χ3v) is 4.63. The summed E-state index contributed by atoms with van der Waals surface area (Å²) >= 11 is 5.78. The molecule has 3 aromatic rings. The van der Waals surface area contributed by atoms with E-state index >= 15 is 0 Å². The van der Waals surface area contributed by atoms with Gasteiger partial charge < -0.3 is 10.8 Å². The summed E-state index contributed by atoms with van der Waals surface area (Å²) < 4.78 is 15.2. The molecule has 27 heavy (non-hydrogen) atoms. The molecule has 0 saturated carbocycles. The van der Waals surface area contributed by atoms with E-state index in [9.17, 15) is 23.9 Å². The molecule has 0 bridgehead atoms. The fourth-order valence-electron chi connectivity index (χ4n) is 3.09. The molecular weight excluding hydrogens is 375 g/mol. The lowest BCUT2D eigenvalue weighted by molar-refractivity contribution is 0.0694. The highest BCUT2D eigenvalue weighted by atomic mass is 35.5. The summed E-state index contributed by atoms with van der Waals surface area (Å²) in [4.78, 5) is 35.9. The number of benzene rings is 1. The van der Waals surface area contributed by atoms with Crippen LogP contribution in [0, 0.1) is 12.7 Å². The summed E-state index contributed by atoms with van der Waals surface area (Å²) in [5.41, 5.74) is 5.04. The SMILES string of the molecule is Cc1c(C(=O)O)c(=O)n2cc(Cc3cccc(Cl)c3F)ccc2c1C(N)=O. The third-order valence-electron chi connectivity index (χ3n) is 4.33. The Hall–Kier alpha value is -3.19. The minimum atomic E-state index is -1.46. The number of amides is 1. The number of carbonyl (C=O) groups is 2. The topological polar surface area (TPSA) is 102 Å². The van der Waals surface area contributed by atoms with Crippen molar-refractivity contribution in [2.24, 2.45) is 5.73 Å². The molecule has 8 heteroatoms. The van der Waals surface area contributed by atoms with Gasteiger partial charge in [-0.15, -0.1) is 0 Å². The van der Waals surface area contributed by atoms with Gasteiger partial charge in [0.05, 0.1) is 16.1 Å². The molecule has 0 aliphatic carbocycles. The predicted octanol–water partition coefficient (Wildman–Crippen LogP) is 2.79. The molecule has 0 saturated heterocycles. The Kier molecular flexibility index (Phi) is 4.72. The van der Waals surface area contributed by atoms with Crippen LogP contribution in [-0.4, -0.2) is 21.4 Å². The van der Waals surface area contributed by atoms with Gasteiger partial charge in [0.1, 0.15) is 11.4 Å². The standard InChI is InChI=1S/C19H14ClFN2O4/c1-9-14(17(22)24)13-6-5-10(7-11-3-2-4-12(20)16(11)21)8-23(13)18(25)15(9)19(26)27/h2-6,8H,7H2,1H3,(H2,22,24)(H,26,27). The number of fused-ring (bicyclic) bond motifs is 1. The molecule has 3 N–H and O–H groups in total. The molecule has 1 aromatic carbocycles. The molecule has 2 heterocycles. The molecule has 2 aromatic heterocycles. The largest absolute Gasteiger partial charge is 0.477 e. The van der Waals surface area contributed by atoms with Crippen molar-refractivity contribution in [3.8, 4) is 0 Å².